The SMILES string of the molecule is Cc1ccc(S(=O)(=O)N[C@@H](CC(C)C)C(=O)O)c(C)c1. The van der Waals surface area contributed by atoms with E-state index < -0.39 is 22.0 Å². The minimum Gasteiger partial charge on any atom is -0.480 e. The summed E-state index contributed by atoms with van der Waals surface area (Å²) in [5.74, 6) is -1.08. The van der Waals surface area contributed by atoms with Gasteiger partial charge in [-0.05, 0) is 37.8 Å². The minimum absolute atomic E-state index is 0.0814. The van der Waals surface area contributed by atoms with E-state index in [-0.39, 0.29) is 17.2 Å². The van der Waals surface area contributed by atoms with Gasteiger partial charge in [0.25, 0.3) is 0 Å². The van der Waals surface area contributed by atoms with Crippen molar-refractivity contribution in [3.8, 4) is 0 Å². The molecule has 20 heavy (non-hydrogen) atoms. The van der Waals surface area contributed by atoms with Gasteiger partial charge in [0, 0.05) is 0 Å². The average molecular weight is 299 g/mol. The zero-order chi connectivity index (χ0) is 15.5. The number of sulfonamides is 1. The van der Waals surface area contributed by atoms with Gasteiger partial charge in [0.1, 0.15) is 6.04 Å². The van der Waals surface area contributed by atoms with Crippen molar-refractivity contribution in [1.29, 1.82) is 0 Å². The molecule has 1 rings (SSSR count). The molecule has 0 unspecified atom stereocenters. The summed E-state index contributed by atoms with van der Waals surface area (Å²) in [7, 11) is -3.83. The number of rotatable bonds is 6. The van der Waals surface area contributed by atoms with Crippen LogP contribution in [0.1, 0.15) is 31.4 Å². The van der Waals surface area contributed by atoms with Crippen molar-refractivity contribution in [3.05, 3.63) is 29.3 Å². The summed E-state index contributed by atoms with van der Waals surface area (Å²) < 4.78 is 26.8. The fourth-order valence-corrected chi connectivity index (χ4v) is 3.45. The van der Waals surface area contributed by atoms with Crippen LogP contribution in [0.2, 0.25) is 0 Å². The predicted molar refractivity (Wildman–Crippen MR) is 77.1 cm³/mol. The molecule has 0 saturated carbocycles. The van der Waals surface area contributed by atoms with Gasteiger partial charge in [-0.2, -0.15) is 4.72 Å². The number of nitrogens with one attached hydrogen (secondary N) is 1. The van der Waals surface area contributed by atoms with Crippen LogP contribution in [0.4, 0.5) is 0 Å². The zero-order valence-electron chi connectivity index (χ0n) is 12.2. The molecule has 0 radical (unpaired) electrons. The van der Waals surface area contributed by atoms with Crippen molar-refractivity contribution in [2.45, 2.75) is 45.1 Å². The second kappa shape index (κ2) is 6.37. The lowest BCUT2D eigenvalue weighted by molar-refractivity contribution is -0.139. The molecule has 2 N–H and O–H groups in total. The third-order valence-electron chi connectivity index (χ3n) is 2.92. The first-order chi connectivity index (χ1) is 9.13. The molecule has 0 aliphatic rings. The summed E-state index contributed by atoms with van der Waals surface area (Å²) in [5, 5.41) is 9.12. The number of carbonyl (C=O) groups is 1. The molecule has 1 aromatic carbocycles. The van der Waals surface area contributed by atoms with Gasteiger partial charge in [-0.1, -0.05) is 31.5 Å². The molecule has 0 spiro atoms. The van der Waals surface area contributed by atoms with Crippen LogP contribution in [0.25, 0.3) is 0 Å². The highest BCUT2D eigenvalue weighted by atomic mass is 32.2. The van der Waals surface area contributed by atoms with E-state index in [4.69, 9.17) is 5.11 Å². The number of aryl methyl sites for hydroxylation is 2. The monoisotopic (exact) mass is 299 g/mol. The molecule has 0 heterocycles. The molecule has 0 saturated heterocycles. The Balaban J connectivity index is 3.06. The molecule has 1 aromatic rings. The Bertz CT molecular complexity index is 593. The summed E-state index contributed by atoms with van der Waals surface area (Å²) in [5.41, 5.74) is 1.56. The molecule has 0 bridgehead atoms. The Morgan fingerprint density at radius 1 is 1.30 bits per heavy atom. The second-order valence-corrected chi connectivity index (χ2v) is 7.09. The van der Waals surface area contributed by atoms with E-state index in [0.29, 0.717) is 5.56 Å². The summed E-state index contributed by atoms with van der Waals surface area (Å²) in [6, 6.07) is 3.84. The molecular formula is C14H21NO4S. The lowest BCUT2D eigenvalue weighted by Gasteiger charge is -2.17. The van der Waals surface area contributed by atoms with Crippen LogP contribution in [-0.2, 0) is 14.8 Å². The van der Waals surface area contributed by atoms with Gasteiger partial charge in [-0.25, -0.2) is 8.42 Å². The first kappa shape index (κ1) is 16.7. The van der Waals surface area contributed by atoms with Crippen molar-refractivity contribution in [2.24, 2.45) is 5.92 Å². The van der Waals surface area contributed by atoms with E-state index in [1.807, 2.05) is 20.8 Å². The standard InChI is InChI=1S/C14H21NO4S/c1-9(2)7-12(14(16)17)15-20(18,19)13-6-5-10(3)8-11(13)4/h5-6,8-9,12,15H,7H2,1-4H3,(H,16,17)/t12-/m0/s1. The Morgan fingerprint density at radius 3 is 2.35 bits per heavy atom. The number of carboxylic acid groups (broad SMARTS) is 1. The van der Waals surface area contributed by atoms with Crippen LogP contribution in [0.5, 0.6) is 0 Å². The topological polar surface area (TPSA) is 83.5 Å². The van der Waals surface area contributed by atoms with Crippen molar-refractivity contribution in [1.82, 2.24) is 4.72 Å². The number of carboxylic acids is 1. The van der Waals surface area contributed by atoms with Crippen LogP contribution in [0, 0.1) is 19.8 Å². The highest BCUT2D eigenvalue weighted by molar-refractivity contribution is 7.89. The first-order valence-electron chi connectivity index (χ1n) is 6.46. The summed E-state index contributed by atoms with van der Waals surface area (Å²) >= 11 is 0. The third kappa shape index (κ3) is 4.31. The first-order valence-corrected chi connectivity index (χ1v) is 7.94. The predicted octanol–water partition coefficient (Wildman–Crippen LogP) is 2.08. The van der Waals surface area contributed by atoms with E-state index in [1.165, 1.54) is 6.07 Å². The fourth-order valence-electron chi connectivity index (χ4n) is 2.02. The number of benzene rings is 1. The normalized spacial score (nSPS) is 13.4. The number of hydrogen-bond donors (Lipinski definition) is 2. The van der Waals surface area contributed by atoms with Crippen LogP contribution in [0.15, 0.2) is 23.1 Å². The van der Waals surface area contributed by atoms with Gasteiger partial charge in [0.05, 0.1) is 4.90 Å². The van der Waals surface area contributed by atoms with E-state index >= 15 is 0 Å². The van der Waals surface area contributed by atoms with Gasteiger partial charge in [0.15, 0.2) is 0 Å². The van der Waals surface area contributed by atoms with E-state index in [0.717, 1.165) is 5.56 Å². The van der Waals surface area contributed by atoms with Gasteiger partial charge in [-0.15, -0.1) is 0 Å². The molecule has 6 heteroatoms. The second-order valence-electron chi connectivity index (χ2n) is 5.41. The van der Waals surface area contributed by atoms with Crippen molar-refractivity contribution >= 4 is 16.0 Å². The van der Waals surface area contributed by atoms with Gasteiger partial charge in [-0.3, -0.25) is 4.79 Å². The van der Waals surface area contributed by atoms with Gasteiger partial charge in [0.2, 0.25) is 10.0 Å². The molecule has 0 aromatic heterocycles. The summed E-state index contributed by atoms with van der Waals surface area (Å²) in [6.07, 6.45) is 0.249. The molecular weight excluding hydrogens is 278 g/mol. The van der Waals surface area contributed by atoms with Crippen molar-refractivity contribution < 1.29 is 18.3 Å². The van der Waals surface area contributed by atoms with Crippen LogP contribution >= 0.6 is 0 Å². The van der Waals surface area contributed by atoms with E-state index in [9.17, 15) is 13.2 Å². The number of aliphatic carboxylic acids is 1. The van der Waals surface area contributed by atoms with Crippen molar-refractivity contribution in [2.75, 3.05) is 0 Å². The largest absolute Gasteiger partial charge is 0.480 e. The summed E-state index contributed by atoms with van der Waals surface area (Å²) in [4.78, 5) is 11.3. The zero-order valence-corrected chi connectivity index (χ0v) is 13.0. The molecule has 0 fully saturated rings. The highest BCUT2D eigenvalue weighted by Crippen LogP contribution is 2.17. The van der Waals surface area contributed by atoms with Crippen LogP contribution < -0.4 is 4.72 Å². The van der Waals surface area contributed by atoms with Crippen molar-refractivity contribution in [3.63, 3.8) is 0 Å². The summed E-state index contributed by atoms with van der Waals surface area (Å²) in [6.45, 7) is 7.26. The maximum atomic E-state index is 12.3. The minimum atomic E-state index is -3.83. The van der Waals surface area contributed by atoms with E-state index in [1.54, 1.807) is 19.1 Å². The Morgan fingerprint density at radius 2 is 1.90 bits per heavy atom. The van der Waals surface area contributed by atoms with Gasteiger partial charge < -0.3 is 5.11 Å². The molecule has 0 amide bonds. The third-order valence-corrected chi connectivity index (χ3v) is 4.55. The maximum Gasteiger partial charge on any atom is 0.321 e. The van der Waals surface area contributed by atoms with Gasteiger partial charge >= 0.3 is 5.97 Å². The number of hydrogen-bond acceptors (Lipinski definition) is 3. The quantitative estimate of drug-likeness (QED) is 0.842. The fraction of sp³-hybridized carbons (Fsp3) is 0.500. The molecule has 0 aliphatic carbocycles. The Kier molecular flexibility index (Phi) is 5.30. The molecule has 112 valence electrons. The van der Waals surface area contributed by atoms with Crippen LogP contribution in [-0.4, -0.2) is 25.5 Å². The smallest absolute Gasteiger partial charge is 0.321 e. The molecule has 1 atom stereocenters. The average Bonchev–Trinajstić information content (AvgIpc) is 2.26. The Labute approximate surface area is 120 Å². The Hall–Kier alpha value is -1.40. The highest BCUT2D eigenvalue weighted by Gasteiger charge is 2.26. The lowest BCUT2D eigenvalue weighted by atomic mass is 10.1. The lowest BCUT2D eigenvalue weighted by Crippen LogP contribution is -2.41. The van der Waals surface area contributed by atoms with E-state index in [2.05, 4.69) is 4.72 Å². The maximum absolute atomic E-state index is 12.3. The van der Waals surface area contributed by atoms with Crippen LogP contribution in [0.3, 0.4) is 0 Å². The molecule has 5 nitrogen and oxygen atoms in total. The molecule has 0 aliphatic heterocycles.